The Morgan fingerprint density at radius 1 is 1.19 bits per heavy atom. The van der Waals surface area contributed by atoms with Crippen molar-refractivity contribution in [3.8, 4) is 0 Å². The van der Waals surface area contributed by atoms with Crippen LogP contribution in [0.2, 0.25) is 0 Å². The Morgan fingerprint density at radius 3 is 2.24 bits per heavy atom. The van der Waals surface area contributed by atoms with Gasteiger partial charge in [0.15, 0.2) is 0 Å². The number of rotatable bonds is 13. The van der Waals surface area contributed by atoms with Gasteiger partial charge in [-0.1, -0.05) is 19.4 Å². The first-order valence-corrected chi connectivity index (χ1v) is 8.31. The number of hydrogen-bond acceptors (Lipinski definition) is 2. The summed E-state index contributed by atoms with van der Waals surface area (Å²) in [6.45, 7) is 12.8. The average Bonchev–Trinajstić information content (AvgIpc) is 2.47. The van der Waals surface area contributed by atoms with Crippen LogP contribution in [-0.2, 0) is 4.79 Å². The molecule has 0 aliphatic carbocycles. The van der Waals surface area contributed by atoms with E-state index in [2.05, 4.69) is 20.4 Å². The van der Waals surface area contributed by atoms with Crippen molar-refractivity contribution in [1.82, 2.24) is 0 Å². The van der Waals surface area contributed by atoms with Gasteiger partial charge in [-0.25, -0.2) is 0 Å². The summed E-state index contributed by atoms with van der Waals surface area (Å²) in [5.41, 5.74) is 0. The van der Waals surface area contributed by atoms with Crippen LogP contribution in [0.25, 0.3) is 0 Å². The lowest BCUT2D eigenvalue weighted by molar-refractivity contribution is -0.929. The third-order valence-electron chi connectivity index (χ3n) is 4.59. The molecule has 0 aromatic carbocycles. The van der Waals surface area contributed by atoms with Gasteiger partial charge in [0.25, 0.3) is 0 Å². The fraction of sp³-hybridized carbons (Fsp3) is 0.824. The van der Waals surface area contributed by atoms with Gasteiger partial charge in [0.05, 0.1) is 19.6 Å². The van der Waals surface area contributed by atoms with E-state index in [1.54, 1.807) is 0 Å². The number of aliphatic carboxylic acids is 1. The Morgan fingerprint density at radius 2 is 1.81 bits per heavy atom. The standard InChI is InChI=1S/C17H33NO3/c1-5-9-10-11-12-16(19)14-18(7-3,8-4)13-15(6-2)17(20)21/h5,15-16,19H,1,6-14H2,2-4H3/p+1. The Bertz CT molecular complexity index is 300. The average molecular weight is 300 g/mol. The number of unbranched alkanes of at least 4 members (excludes halogenated alkanes) is 2. The summed E-state index contributed by atoms with van der Waals surface area (Å²) in [6.07, 6.45) is 6.04. The summed E-state index contributed by atoms with van der Waals surface area (Å²) in [4.78, 5) is 11.3. The number of nitrogens with zero attached hydrogens (tertiary/aromatic N) is 1. The molecule has 0 spiro atoms. The number of hydrogen-bond donors (Lipinski definition) is 2. The predicted octanol–water partition coefficient (Wildman–Crippen LogP) is 3.06. The molecule has 0 fully saturated rings. The zero-order valence-electron chi connectivity index (χ0n) is 14.1. The second-order valence-corrected chi connectivity index (χ2v) is 6.01. The lowest BCUT2D eigenvalue weighted by Gasteiger charge is -2.40. The zero-order chi connectivity index (χ0) is 16.3. The minimum Gasteiger partial charge on any atom is -0.481 e. The highest BCUT2D eigenvalue weighted by atomic mass is 16.4. The minimum absolute atomic E-state index is 0.321. The summed E-state index contributed by atoms with van der Waals surface area (Å²) < 4.78 is 0.688. The van der Waals surface area contributed by atoms with Crippen molar-refractivity contribution in [1.29, 1.82) is 0 Å². The molecule has 21 heavy (non-hydrogen) atoms. The van der Waals surface area contributed by atoms with Crippen LogP contribution in [0.15, 0.2) is 12.7 Å². The second kappa shape index (κ2) is 10.8. The van der Waals surface area contributed by atoms with Crippen LogP contribution in [0, 0.1) is 5.92 Å². The first-order valence-electron chi connectivity index (χ1n) is 8.31. The van der Waals surface area contributed by atoms with E-state index in [0.717, 1.165) is 38.8 Å². The van der Waals surface area contributed by atoms with E-state index in [0.29, 0.717) is 24.0 Å². The molecule has 4 nitrogen and oxygen atoms in total. The molecule has 2 atom stereocenters. The number of aliphatic hydroxyl groups is 1. The molecule has 4 heteroatoms. The molecule has 0 rings (SSSR count). The van der Waals surface area contributed by atoms with E-state index in [1.807, 2.05) is 13.0 Å². The number of quaternary nitrogens is 1. The van der Waals surface area contributed by atoms with Crippen molar-refractivity contribution in [3.05, 3.63) is 12.7 Å². The maximum Gasteiger partial charge on any atom is 0.312 e. The van der Waals surface area contributed by atoms with Crippen LogP contribution in [0.4, 0.5) is 0 Å². The monoisotopic (exact) mass is 300 g/mol. The molecular formula is C17H34NO3+. The van der Waals surface area contributed by atoms with Gasteiger partial charge in [-0.05, 0) is 39.5 Å². The van der Waals surface area contributed by atoms with Crippen LogP contribution in [0.5, 0.6) is 0 Å². The molecule has 0 bridgehead atoms. The Kier molecular flexibility index (Phi) is 10.4. The van der Waals surface area contributed by atoms with Crippen LogP contribution in [0.1, 0.15) is 52.9 Å². The third kappa shape index (κ3) is 7.63. The summed E-state index contributed by atoms with van der Waals surface area (Å²) in [5, 5.41) is 19.6. The number of aliphatic hydroxyl groups excluding tert-OH is 1. The van der Waals surface area contributed by atoms with Gasteiger partial charge < -0.3 is 14.7 Å². The largest absolute Gasteiger partial charge is 0.481 e. The molecule has 0 aliphatic heterocycles. The topological polar surface area (TPSA) is 57.5 Å². The fourth-order valence-corrected chi connectivity index (χ4v) is 2.87. The van der Waals surface area contributed by atoms with E-state index in [-0.39, 0.29) is 12.0 Å². The summed E-state index contributed by atoms with van der Waals surface area (Å²) >= 11 is 0. The van der Waals surface area contributed by atoms with Crippen molar-refractivity contribution in [2.75, 3.05) is 26.2 Å². The highest BCUT2D eigenvalue weighted by molar-refractivity contribution is 5.69. The quantitative estimate of drug-likeness (QED) is 0.312. The number of allylic oxidation sites excluding steroid dienone is 1. The van der Waals surface area contributed by atoms with Gasteiger partial charge in [0.2, 0.25) is 0 Å². The van der Waals surface area contributed by atoms with Gasteiger partial charge in [-0.3, -0.25) is 4.79 Å². The zero-order valence-corrected chi connectivity index (χ0v) is 14.1. The van der Waals surface area contributed by atoms with Gasteiger partial charge in [-0.2, -0.15) is 0 Å². The summed E-state index contributed by atoms with van der Waals surface area (Å²) in [5.74, 6) is -1.04. The van der Waals surface area contributed by atoms with Crippen molar-refractivity contribution < 1.29 is 19.5 Å². The van der Waals surface area contributed by atoms with Crippen LogP contribution in [-0.4, -0.2) is 52.9 Å². The molecule has 0 aromatic rings. The van der Waals surface area contributed by atoms with Gasteiger partial charge >= 0.3 is 5.97 Å². The maximum absolute atomic E-state index is 11.3. The molecule has 2 unspecified atom stereocenters. The lowest BCUT2D eigenvalue weighted by Crippen LogP contribution is -2.55. The molecule has 2 N–H and O–H groups in total. The van der Waals surface area contributed by atoms with Crippen molar-refractivity contribution >= 4 is 5.97 Å². The highest BCUT2D eigenvalue weighted by Crippen LogP contribution is 2.17. The Hall–Kier alpha value is -0.870. The summed E-state index contributed by atoms with van der Waals surface area (Å²) in [7, 11) is 0. The Balaban J connectivity index is 4.56. The predicted molar refractivity (Wildman–Crippen MR) is 87.2 cm³/mol. The molecule has 0 aliphatic rings. The van der Waals surface area contributed by atoms with Crippen molar-refractivity contribution in [3.63, 3.8) is 0 Å². The second-order valence-electron chi connectivity index (χ2n) is 6.01. The smallest absolute Gasteiger partial charge is 0.312 e. The molecular weight excluding hydrogens is 266 g/mol. The molecule has 0 amide bonds. The van der Waals surface area contributed by atoms with Gasteiger partial charge in [0, 0.05) is 0 Å². The van der Waals surface area contributed by atoms with E-state index >= 15 is 0 Å². The normalized spacial score (nSPS) is 14.7. The lowest BCUT2D eigenvalue weighted by atomic mass is 10.0. The number of likely N-dealkylation sites (N-methyl/N-ethyl adjacent to an activating group) is 1. The fourth-order valence-electron chi connectivity index (χ4n) is 2.87. The molecule has 0 saturated carbocycles. The van der Waals surface area contributed by atoms with Crippen LogP contribution >= 0.6 is 0 Å². The van der Waals surface area contributed by atoms with Crippen molar-refractivity contribution in [2.24, 2.45) is 5.92 Å². The first-order chi connectivity index (χ1) is 9.94. The number of carboxylic acid groups (broad SMARTS) is 1. The molecule has 0 heterocycles. The SMILES string of the molecule is C=CCCCCC(O)C[N+](CC)(CC)CC(CC)C(=O)O. The Labute approximate surface area is 130 Å². The third-order valence-corrected chi connectivity index (χ3v) is 4.59. The minimum atomic E-state index is -0.720. The van der Waals surface area contributed by atoms with E-state index in [9.17, 15) is 15.0 Å². The molecule has 0 aromatic heterocycles. The van der Waals surface area contributed by atoms with Gasteiger partial charge in [-0.15, -0.1) is 6.58 Å². The van der Waals surface area contributed by atoms with E-state index in [4.69, 9.17) is 0 Å². The van der Waals surface area contributed by atoms with E-state index in [1.165, 1.54) is 0 Å². The number of carbonyl (C=O) groups is 1. The summed E-state index contributed by atoms with van der Waals surface area (Å²) in [6, 6.07) is 0. The van der Waals surface area contributed by atoms with Crippen molar-refractivity contribution in [2.45, 2.75) is 59.0 Å². The number of carboxylic acids is 1. The first kappa shape index (κ1) is 20.1. The molecule has 0 radical (unpaired) electrons. The molecule has 0 saturated heterocycles. The van der Waals surface area contributed by atoms with Crippen LogP contribution in [0.3, 0.4) is 0 Å². The van der Waals surface area contributed by atoms with Crippen LogP contribution < -0.4 is 0 Å². The highest BCUT2D eigenvalue weighted by Gasteiger charge is 2.32. The molecule has 124 valence electrons. The van der Waals surface area contributed by atoms with E-state index < -0.39 is 5.97 Å². The van der Waals surface area contributed by atoms with Gasteiger partial charge in [0.1, 0.15) is 18.6 Å². The maximum atomic E-state index is 11.3.